The molecule has 132 valence electrons. The van der Waals surface area contributed by atoms with E-state index >= 15 is 0 Å². The van der Waals surface area contributed by atoms with Gasteiger partial charge in [-0.25, -0.2) is 4.79 Å². The number of carbonyl (C=O) groups is 1. The minimum Gasteiger partial charge on any atom is -0.483 e. The molecule has 1 aromatic heterocycles. The highest BCUT2D eigenvalue weighted by Gasteiger charge is 2.29. The summed E-state index contributed by atoms with van der Waals surface area (Å²) in [5, 5.41) is 13.3. The number of ether oxygens (including phenoxy) is 2. The van der Waals surface area contributed by atoms with E-state index in [-0.39, 0.29) is 23.6 Å². The predicted octanol–water partition coefficient (Wildman–Crippen LogP) is 3.08. The molecule has 25 heavy (non-hydrogen) atoms. The number of hydrogen-bond acceptors (Lipinski definition) is 5. The number of aromatic nitrogens is 2. The Bertz CT molecular complexity index is 822. The summed E-state index contributed by atoms with van der Waals surface area (Å²) in [4.78, 5) is 11.8. The highest BCUT2D eigenvalue weighted by Crippen LogP contribution is 2.27. The number of aryl methyl sites for hydroxylation is 1. The van der Waals surface area contributed by atoms with Crippen molar-refractivity contribution >= 4 is 5.97 Å². The zero-order valence-electron chi connectivity index (χ0n) is 13.4. The van der Waals surface area contributed by atoms with Gasteiger partial charge in [0.05, 0.1) is 17.9 Å². The average molecular weight is 353 g/mol. The van der Waals surface area contributed by atoms with Crippen molar-refractivity contribution in [3.8, 4) is 23.1 Å². The fourth-order valence-corrected chi connectivity index (χ4v) is 2.07. The minimum absolute atomic E-state index is 0.0647. The molecule has 0 amide bonds. The molecule has 6 nitrogen and oxygen atoms in total. The SMILES string of the molecule is CCOC(=O)c1cc(-c2ccc(OCC(F)(F)F)c(C#N)c2)nn1C. The van der Waals surface area contributed by atoms with E-state index in [0.29, 0.717) is 11.3 Å². The number of rotatable bonds is 5. The Kier molecular flexibility index (Phi) is 5.32. The fourth-order valence-electron chi connectivity index (χ4n) is 2.07. The number of alkyl halides is 3. The van der Waals surface area contributed by atoms with Crippen LogP contribution in [0.2, 0.25) is 0 Å². The molecular weight excluding hydrogens is 339 g/mol. The summed E-state index contributed by atoms with van der Waals surface area (Å²) in [7, 11) is 1.56. The lowest BCUT2D eigenvalue weighted by Gasteiger charge is -2.10. The summed E-state index contributed by atoms with van der Waals surface area (Å²) in [6, 6.07) is 7.34. The maximum atomic E-state index is 12.2. The maximum Gasteiger partial charge on any atom is 0.422 e. The van der Waals surface area contributed by atoms with Crippen molar-refractivity contribution in [3.63, 3.8) is 0 Å². The van der Waals surface area contributed by atoms with Gasteiger partial charge in [0.1, 0.15) is 17.5 Å². The highest BCUT2D eigenvalue weighted by atomic mass is 19.4. The Morgan fingerprint density at radius 1 is 1.36 bits per heavy atom. The van der Waals surface area contributed by atoms with Crippen molar-refractivity contribution in [2.45, 2.75) is 13.1 Å². The molecule has 0 bridgehead atoms. The number of esters is 1. The first kappa shape index (κ1) is 18.3. The van der Waals surface area contributed by atoms with Crippen LogP contribution in [0.1, 0.15) is 23.0 Å². The van der Waals surface area contributed by atoms with Crippen molar-refractivity contribution in [3.05, 3.63) is 35.5 Å². The number of nitriles is 1. The van der Waals surface area contributed by atoms with E-state index in [1.54, 1.807) is 20.0 Å². The van der Waals surface area contributed by atoms with E-state index in [4.69, 9.17) is 10.00 Å². The van der Waals surface area contributed by atoms with Gasteiger partial charge in [0.15, 0.2) is 6.61 Å². The van der Waals surface area contributed by atoms with Crippen LogP contribution in [0.5, 0.6) is 5.75 Å². The Morgan fingerprint density at radius 2 is 2.08 bits per heavy atom. The van der Waals surface area contributed by atoms with Crippen molar-refractivity contribution in [2.24, 2.45) is 7.05 Å². The van der Waals surface area contributed by atoms with Gasteiger partial charge in [-0.15, -0.1) is 0 Å². The van der Waals surface area contributed by atoms with Gasteiger partial charge in [-0.2, -0.15) is 23.5 Å². The predicted molar refractivity (Wildman–Crippen MR) is 80.9 cm³/mol. The van der Waals surface area contributed by atoms with Gasteiger partial charge in [-0.3, -0.25) is 4.68 Å². The number of nitrogens with zero attached hydrogens (tertiary/aromatic N) is 3. The van der Waals surface area contributed by atoms with Crippen LogP contribution in [0.3, 0.4) is 0 Å². The van der Waals surface area contributed by atoms with Crippen LogP contribution in [-0.4, -0.2) is 35.1 Å². The quantitative estimate of drug-likeness (QED) is 0.772. The molecule has 0 saturated carbocycles. The smallest absolute Gasteiger partial charge is 0.422 e. The molecule has 1 aromatic carbocycles. The fraction of sp³-hybridized carbons (Fsp3) is 0.312. The molecule has 2 rings (SSSR count). The third-order valence-corrected chi connectivity index (χ3v) is 3.15. The lowest BCUT2D eigenvalue weighted by atomic mass is 10.1. The van der Waals surface area contributed by atoms with E-state index in [1.165, 1.54) is 28.9 Å². The second kappa shape index (κ2) is 7.25. The van der Waals surface area contributed by atoms with Gasteiger partial charge in [-0.05, 0) is 31.2 Å². The average Bonchev–Trinajstić information content (AvgIpc) is 2.94. The van der Waals surface area contributed by atoms with Gasteiger partial charge >= 0.3 is 12.1 Å². The van der Waals surface area contributed by atoms with E-state index in [1.807, 2.05) is 0 Å². The second-order valence-corrected chi connectivity index (χ2v) is 4.99. The number of halogens is 3. The zero-order chi connectivity index (χ0) is 18.6. The highest BCUT2D eigenvalue weighted by molar-refractivity contribution is 5.89. The lowest BCUT2D eigenvalue weighted by Crippen LogP contribution is -2.19. The number of carbonyl (C=O) groups excluding carboxylic acids is 1. The molecule has 1 heterocycles. The maximum absolute atomic E-state index is 12.2. The largest absolute Gasteiger partial charge is 0.483 e. The molecule has 0 N–H and O–H groups in total. The second-order valence-electron chi connectivity index (χ2n) is 4.99. The Morgan fingerprint density at radius 3 is 2.68 bits per heavy atom. The van der Waals surface area contributed by atoms with Crippen molar-refractivity contribution < 1.29 is 27.4 Å². The Balaban J connectivity index is 2.31. The molecule has 0 aliphatic heterocycles. The monoisotopic (exact) mass is 353 g/mol. The Labute approximate surface area is 141 Å². The molecule has 0 aliphatic carbocycles. The molecule has 0 aliphatic rings. The summed E-state index contributed by atoms with van der Waals surface area (Å²) in [5.74, 6) is -0.723. The summed E-state index contributed by atoms with van der Waals surface area (Å²) in [5.41, 5.74) is 0.990. The first-order valence-corrected chi connectivity index (χ1v) is 7.20. The standard InChI is InChI=1S/C16H14F3N3O3/c1-3-24-15(23)13-7-12(21-22(13)2)10-4-5-14(11(6-10)8-20)25-9-16(17,18)19/h4-7H,3,9H2,1-2H3. The van der Waals surface area contributed by atoms with E-state index < -0.39 is 18.8 Å². The van der Waals surface area contributed by atoms with Gasteiger partial charge < -0.3 is 9.47 Å². The van der Waals surface area contributed by atoms with Crippen molar-refractivity contribution in [1.82, 2.24) is 9.78 Å². The minimum atomic E-state index is -4.50. The molecule has 0 radical (unpaired) electrons. The number of benzene rings is 1. The Hall–Kier alpha value is -3.02. The molecular formula is C16H14F3N3O3. The van der Waals surface area contributed by atoms with Crippen molar-refractivity contribution in [2.75, 3.05) is 13.2 Å². The summed E-state index contributed by atoms with van der Waals surface area (Å²) < 4.78 is 47.6. The van der Waals surface area contributed by atoms with Crippen LogP contribution >= 0.6 is 0 Å². The van der Waals surface area contributed by atoms with Crippen LogP contribution in [-0.2, 0) is 11.8 Å². The summed E-state index contributed by atoms with van der Waals surface area (Å²) in [6.45, 7) is 0.398. The molecule has 9 heteroatoms. The molecule has 0 unspecified atom stereocenters. The third kappa shape index (κ3) is 4.50. The molecule has 0 spiro atoms. The lowest BCUT2D eigenvalue weighted by molar-refractivity contribution is -0.153. The van der Waals surface area contributed by atoms with Crippen LogP contribution in [0, 0.1) is 11.3 Å². The van der Waals surface area contributed by atoms with E-state index in [2.05, 4.69) is 9.84 Å². The van der Waals surface area contributed by atoms with Gasteiger partial charge in [0, 0.05) is 12.6 Å². The third-order valence-electron chi connectivity index (χ3n) is 3.15. The zero-order valence-corrected chi connectivity index (χ0v) is 13.4. The summed E-state index contributed by atoms with van der Waals surface area (Å²) in [6.07, 6.45) is -4.50. The topological polar surface area (TPSA) is 77.1 Å². The van der Waals surface area contributed by atoms with Crippen LogP contribution < -0.4 is 4.74 Å². The molecule has 0 saturated heterocycles. The van der Waals surface area contributed by atoms with Crippen molar-refractivity contribution in [1.29, 1.82) is 5.26 Å². The molecule has 0 fully saturated rings. The van der Waals surface area contributed by atoms with E-state index in [9.17, 15) is 18.0 Å². The van der Waals surface area contributed by atoms with Crippen LogP contribution in [0.25, 0.3) is 11.3 Å². The van der Waals surface area contributed by atoms with Gasteiger partial charge in [0.2, 0.25) is 0 Å². The first-order valence-electron chi connectivity index (χ1n) is 7.20. The van der Waals surface area contributed by atoms with Crippen LogP contribution in [0.4, 0.5) is 13.2 Å². The van der Waals surface area contributed by atoms with Gasteiger partial charge in [-0.1, -0.05) is 0 Å². The normalized spacial score (nSPS) is 11.0. The molecule has 2 aromatic rings. The van der Waals surface area contributed by atoms with E-state index in [0.717, 1.165) is 0 Å². The van der Waals surface area contributed by atoms with Crippen LogP contribution in [0.15, 0.2) is 24.3 Å². The number of hydrogen-bond donors (Lipinski definition) is 0. The summed E-state index contributed by atoms with van der Waals surface area (Å²) >= 11 is 0. The molecule has 0 atom stereocenters. The van der Waals surface area contributed by atoms with Gasteiger partial charge in [0.25, 0.3) is 0 Å². The first-order chi connectivity index (χ1) is 11.7.